The molecule has 0 atom stereocenters. The zero-order chi connectivity index (χ0) is 18.3. The SMILES string of the molecule is O=C(Nc1cccc2cccnc12)C1(c2cc(-c3ccccc3)on2)CC1. The van der Waals surface area contributed by atoms with Crippen LogP contribution in [0.4, 0.5) is 5.69 Å². The van der Waals surface area contributed by atoms with Gasteiger partial charge in [-0.3, -0.25) is 9.78 Å². The van der Waals surface area contributed by atoms with Crippen LogP contribution in [-0.2, 0) is 10.2 Å². The second-order valence-corrected chi connectivity index (χ2v) is 6.86. The lowest BCUT2D eigenvalue weighted by atomic mass is 10.00. The van der Waals surface area contributed by atoms with Crippen molar-refractivity contribution < 1.29 is 9.32 Å². The summed E-state index contributed by atoms with van der Waals surface area (Å²) < 4.78 is 5.51. The maximum atomic E-state index is 13.1. The summed E-state index contributed by atoms with van der Waals surface area (Å²) in [7, 11) is 0. The highest BCUT2D eigenvalue weighted by Gasteiger charge is 2.54. The molecule has 1 fully saturated rings. The number of benzene rings is 2. The fraction of sp³-hybridized carbons (Fsp3) is 0.136. The van der Waals surface area contributed by atoms with Crippen molar-refractivity contribution in [2.24, 2.45) is 0 Å². The third kappa shape index (κ3) is 2.68. The third-order valence-corrected chi connectivity index (χ3v) is 5.12. The van der Waals surface area contributed by atoms with Gasteiger partial charge in [0, 0.05) is 23.2 Å². The summed E-state index contributed by atoms with van der Waals surface area (Å²) in [5, 5.41) is 8.25. The fourth-order valence-corrected chi connectivity index (χ4v) is 3.41. The standard InChI is InChI=1S/C22H17N3O2/c26-21(24-17-10-4-8-16-9-5-13-23-20(16)17)22(11-12-22)19-14-18(27-25-19)15-6-2-1-3-7-15/h1-10,13-14H,11-12H2,(H,24,26). The number of carbonyl (C=O) groups is 1. The minimum Gasteiger partial charge on any atom is -0.356 e. The summed E-state index contributed by atoms with van der Waals surface area (Å²) in [6.45, 7) is 0. The molecule has 1 amide bonds. The maximum Gasteiger partial charge on any atom is 0.236 e. The summed E-state index contributed by atoms with van der Waals surface area (Å²) in [6, 6.07) is 21.3. The van der Waals surface area contributed by atoms with Gasteiger partial charge in [0.25, 0.3) is 0 Å². The number of anilines is 1. The number of fused-ring (bicyclic) bond motifs is 1. The quantitative estimate of drug-likeness (QED) is 0.583. The van der Waals surface area contributed by atoms with E-state index in [9.17, 15) is 4.79 Å². The first kappa shape index (κ1) is 15.8. The molecule has 1 saturated carbocycles. The van der Waals surface area contributed by atoms with E-state index in [1.54, 1.807) is 6.20 Å². The van der Waals surface area contributed by atoms with E-state index < -0.39 is 5.41 Å². The van der Waals surface area contributed by atoms with E-state index in [-0.39, 0.29) is 5.91 Å². The Morgan fingerprint density at radius 1 is 1.00 bits per heavy atom. The largest absolute Gasteiger partial charge is 0.356 e. The number of hydrogen-bond donors (Lipinski definition) is 1. The van der Waals surface area contributed by atoms with E-state index in [2.05, 4.69) is 15.5 Å². The first-order valence-electron chi connectivity index (χ1n) is 8.94. The van der Waals surface area contributed by atoms with Crippen LogP contribution in [0.5, 0.6) is 0 Å². The van der Waals surface area contributed by atoms with Crippen molar-refractivity contribution in [3.63, 3.8) is 0 Å². The van der Waals surface area contributed by atoms with Gasteiger partial charge in [0.1, 0.15) is 0 Å². The first-order chi connectivity index (χ1) is 13.3. The van der Waals surface area contributed by atoms with Gasteiger partial charge in [0.05, 0.1) is 22.3 Å². The Morgan fingerprint density at radius 2 is 1.81 bits per heavy atom. The van der Waals surface area contributed by atoms with Crippen LogP contribution in [0.25, 0.3) is 22.2 Å². The number of aromatic nitrogens is 2. The number of nitrogens with one attached hydrogen (secondary N) is 1. The van der Waals surface area contributed by atoms with Gasteiger partial charge in [-0.15, -0.1) is 0 Å². The van der Waals surface area contributed by atoms with Gasteiger partial charge in [-0.25, -0.2) is 0 Å². The van der Waals surface area contributed by atoms with Crippen LogP contribution in [0, 0.1) is 0 Å². The average molecular weight is 355 g/mol. The van der Waals surface area contributed by atoms with Crippen molar-refractivity contribution in [1.82, 2.24) is 10.1 Å². The highest BCUT2D eigenvalue weighted by Crippen LogP contribution is 2.49. The molecule has 1 aliphatic rings. The van der Waals surface area contributed by atoms with E-state index in [4.69, 9.17) is 4.52 Å². The van der Waals surface area contributed by atoms with Gasteiger partial charge < -0.3 is 9.84 Å². The van der Waals surface area contributed by atoms with Crippen molar-refractivity contribution in [3.05, 3.63) is 78.6 Å². The van der Waals surface area contributed by atoms with E-state index in [1.165, 1.54) is 0 Å². The third-order valence-electron chi connectivity index (χ3n) is 5.12. The summed E-state index contributed by atoms with van der Waals surface area (Å²) in [6.07, 6.45) is 3.25. The monoisotopic (exact) mass is 355 g/mol. The minimum atomic E-state index is -0.618. The van der Waals surface area contributed by atoms with E-state index >= 15 is 0 Å². The van der Waals surface area contributed by atoms with Crippen LogP contribution in [0.1, 0.15) is 18.5 Å². The molecule has 2 aromatic heterocycles. The Balaban J connectivity index is 1.44. The Morgan fingerprint density at radius 3 is 2.63 bits per heavy atom. The summed E-state index contributed by atoms with van der Waals surface area (Å²) in [5.41, 5.74) is 2.52. The molecule has 0 aliphatic heterocycles. The number of nitrogens with zero attached hydrogens (tertiary/aromatic N) is 2. The Labute approximate surface area is 156 Å². The lowest BCUT2D eigenvalue weighted by molar-refractivity contribution is -0.118. The normalized spacial score (nSPS) is 14.8. The van der Waals surface area contributed by atoms with Crippen LogP contribution in [0.2, 0.25) is 0 Å². The van der Waals surface area contributed by atoms with Crippen molar-refractivity contribution in [1.29, 1.82) is 0 Å². The van der Waals surface area contributed by atoms with Gasteiger partial charge in [0.2, 0.25) is 5.91 Å². The summed E-state index contributed by atoms with van der Waals surface area (Å²) in [5.74, 6) is 0.616. The number of rotatable bonds is 4. The zero-order valence-corrected chi connectivity index (χ0v) is 14.6. The second-order valence-electron chi connectivity index (χ2n) is 6.86. The fourth-order valence-electron chi connectivity index (χ4n) is 3.41. The zero-order valence-electron chi connectivity index (χ0n) is 14.6. The maximum absolute atomic E-state index is 13.1. The molecule has 1 N–H and O–H groups in total. The number of pyridine rings is 1. The molecule has 132 valence electrons. The highest BCUT2D eigenvalue weighted by molar-refractivity contribution is 6.06. The van der Waals surface area contributed by atoms with Gasteiger partial charge in [0.15, 0.2) is 5.76 Å². The Bertz CT molecular complexity index is 1130. The van der Waals surface area contributed by atoms with Gasteiger partial charge in [-0.05, 0) is 25.0 Å². The molecule has 2 aromatic carbocycles. The molecule has 5 rings (SSSR count). The molecular weight excluding hydrogens is 338 g/mol. The summed E-state index contributed by atoms with van der Waals surface area (Å²) >= 11 is 0. The first-order valence-corrected chi connectivity index (χ1v) is 8.94. The summed E-state index contributed by atoms with van der Waals surface area (Å²) in [4.78, 5) is 17.5. The number of para-hydroxylation sites is 1. The predicted molar refractivity (Wildman–Crippen MR) is 103 cm³/mol. The molecule has 0 radical (unpaired) electrons. The van der Waals surface area contributed by atoms with Crippen LogP contribution < -0.4 is 5.32 Å². The molecule has 1 aliphatic carbocycles. The molecular formula is C22H17N3O2. The van der Waals surface area contributed by atoms with Gasteiger partial charge in [-0.2, -0.15) is 0 Å². The predicted octanol–water partition coefficient (Wildman–Crippen LogP) is 4.56. The molecule has 27 heavy (non-hydrogen) atoms. The Kier molecular flexibility index (Phi) is 3.53. The van der Waals surface area contributed by atoms with E-state index in [0.717, 1.165) is 35.0 Å². The molecule has 0 unspecified atom stereocenters. The topological polar surface area (TPSA) is 68.0 Å². The number of carbonyl (C=O) groups excluding carboxylic acids is 1. The number of amides is 1. The molecule has 2 heterocycles. The Hall–Kier alpha value is -3.47. The highest BCUT2D eigenvalue weighted by atomic mass is 16.5. The second kappa shape index (κ2) is 6.06. The van der Waals surface area contributed by atoms with Crippen molar-refractivity contribution >= 4 is 22.5 Å². The molecule has 0 spiro atoms. The van der Waals surface area contributed by atoms with Crippen LogP contribution in [0.3, 0.4) is 0 Å². The van der Waals surface area contributed by atoms with Gasteiger partial charge >= 0.3 is 0 Å². The van der Waals surface area contributed by atoms with E-state index in [1.807, 2.05) is 66.7 Å². The lowest BCUT2D eigenvalue weighted by Crippen LogP contribution is -2.28. The van der Waals surface area contributed by atoms with Crippen molar-refractivity contribution in [3.8, 4) is 11.3 Å². The van der Waals surface area contributed by atoms with E-state index in [0.29, 0.717) is 11.5 Å². The van der Waals surface area contributed by atoms with Crippen molar-refractivity contribution in [2.45, 2.75) is 18.3 Å². The van der Waals surface area contributed by atoms with Crippen LogP contribution in [-0.4, -0.2) is 16.0 Å². The lowest BCUT2D eigenvalue weighted by Gasteiger charge is -2.13. The molecule has 5 nitrogen and oxygen atoms in total. The van der Waals surface area contributed by atoms with Crippen LogP contribution >= 0.6 is 0 Å². The molecule has 5 heteroatoms. The molecule has 4 aromatic rings. The molecule has 0 bridgehead atoms. The molecule has 0 saturated heterocycles. The van der Waals surface area contributed by atoms with Crippen molar-refractivity contribution in [2.75, 3.05) is 5.32 Å². The van der Waals surface area contributed by atoms with Gasteiger partial charge in [-0.1, -0.05) is 53.7 Å². The number of hydrogen-bond acceptors (Lipinski definition) is 4. The van der Waals surface area contributed by atoms with Crippen LogP contribution in [0.15, 0.2) is 77.4 Å². The average Bonchev–Trinajstić information content (AvgIpc) is 3.39. The smallest absolute Gasteiger partial charge is 0.236 e. The minimum absolute atomic E-state index is 0.0615.